The fraction of sp³-hybridized carbons (Fsp3) is 0.737. The van der Waals surface area contributed by atoms with Gasteiger partial charge in [-0.3, -0.25) is 14.7 Å². The maximum absolute atomic E-state index is 12.9. The highest BCUT2D eigenvalue weighted by molar-refractivity contribution is 6.35. The van der Waals surface area contributed by atoms with Crippen LogP contribution in [-0.2, 0) is 19.9 Å². The van der Waals surface area contributed by atoms with Gasteiger partial charge < -0.3 is 19.6 Å². The molecule has 3 aliphatic rings. The van der Waals surface area contributed by atoms with Crippen LogP contribution in [0.3, 0.4) is 0 Å². The number of carbonyl (C=O) groups excluding carboxylic acids is 2. The highest BCUT2D eigenvalue weighted by atomic mass is 16.5. The zero-order valence-corrected chi connectivity index (χ0v) is 15.6. The molecule has 148 valence electrons. The van der Waals surface area contributed by atoms with E-state index in [4.69, 9.17) is 4.74 Å². The van der Waals surface area contributed by atoms with Gasteiger partial charge in [-0.1, -0.05) is 0 Å². The molecule has 0 bridgehead atoms. The predicted octanol–water partition coefficient (Wildman–Crippen LogP) is 0.637. The SMILES string of the molecule is O=C(C(=O)N1CCCC1C1CCCOC1)N1CCC(O)(c2ccn[nH]2)CC1. The van der Waals surface area contributed by atoms with Gasteiger partial charge in [-0.05, 0) is 44.6 Å². The van der Waals surface area contributed by atoms with E-state index in [0.717, 1.165) is 32.3 Å². The number of amides is 2. The molecule has 1 aromatic rings. The Morgan fingerprint density at radius 3 is 2.67 bits per heavy atom. The number of nitrogens with one attached hydrogen (secondary N) is 1. The topological polar surface area (TPSA) is 98.8 Å². The van der Waals surface area contributed by atoms with Crippen molar-refractivity contribution < 1.29 is 19.4 Å². The van der Waals surface area contributed by atoms with E-state index in [0.29, 0.717) is 50.7 Å². The molecule has 2 unspecified atom stereocenters. The molecule has 8 nitrogen and oxygen atoms in total. The van der Waals surface area contributed by atoms with E-state index in [2.05, 4.69) is 10.2 Å². The number of piperidine rings is 1. The summed E-state index contributed by atoms with van der Waals surface area (Å²) in [6, 6.07) is 1.87. The summed E-state index contributed by atoms with van der Waals surface area (Å²) >= 11 is 0. The van der Waals surface area contributed by atoms with Crippen molar-refractivity contribution in [2.24, 2.45) is 5.92 Å². The Bertz CT molecular complexity index is 663. The second-order valence-corrected chi connectivity index (χ2v) is 7.98. The number of aliphatic hydroxyl groups is 1. The minimum Gasteiger partial charge on any atom is -0.383 e. The molecular weight excluding hydrogens is 348 g/mol. The average Bonchev–Trinajstić information content (AvgIpc) is 3.40. The first-order valence-corrected chi connectivity index (χ1v) is 9.98. The number of carbonyl (C=O) groups is 2. The number of hydrogen-bond donors (Lipinski definition) is 2. The lowest BCUT2D eigenvalue weighted by atomic mass is 9.88. The highest BCUT2D eigenvalue weighted by Crippen LogP contribution is 2.33. The van der Waals surface area contributed by atoms with Crippen LogP contribution in [0.5, 0.6) is 0 Å². The molecule has 2 N–H and O–H groups in total. The third kappa shape index (κ3) is 3.60. The molecule has 8 heteroatoms. The first kappa shape index (κ1) is 18.4. The smallest absolute Gasteiger partial charge is 0.312 e. The number of H-pyrrole nitrogens is 1. The van der Waals surface area contributed by atoms with Crippen molar-refractivity contribution in [2.75, 3.05) is 32.8 Å². The van der Waals surface area contributed by atoms with Gasteiger partial charge in [0.1, 0.15) is 5.60 Å². The normalized spacial score (nSPS) is 28.3. The number of rotatable bonds is 2. The molecule has 2 amide bonds. The summed E-state index contributed by atoms with van der Waals surface area (Å²) in [6.07, 6.45) is 6.38. The monoisotopic (exact) mass is 376 g/mol. The Balaban J connectivity index is 1.37. The lowest BCUT2D eigenvalue weighted by Gasteiger charge is -2.38. The number of likely N-dealkylation sites (tertiary alicyclic amines) is 2. The molecule has 0 saturated carbocycles. The summed E-state index contributed by atoms with van der Waals surface area (Å²) in [6.45, 7) is 2.86. The lowest BCUT2D eigenvalue weighted by molar-refractivity contribution is -0.156. The Morgan fingerprint density at radius 2 is 2.00 bits per heavy atom. The summed E-state index contributed by atoms with van der Waals surface area (Å²) < 4.78 is 5.59. The van der Waals surface area contributed by atoms with Gasteiger partial charge in [-0.2, -0.15) is 5.10 Å². The summed E-state index contributed by atoms with van der Waals surface area (Å²) in [5.74, 6) is -0.495. The van der Waals surface area contributed by atoms with Crippen LogP contribution >= 0.6 is 0 Å². The minimum absolute atomic E-state index is 0.119. The van der Waals surface area contributed by atoms with Crippen LogP contribution in [0.4, 0.5) is 0 Å². The molecule has 0 spiro atoms. The second-order valence-electron chi connectivity index (χ2n) is 7.98. The molecule has 0 radical (unpaired) electrons. The number of aromatic nitrogens is 2. The van der Waals surface area contributed by atoms with Gasteiger partial charge in [0.05, 0.1) is 12.3 Å². The van der Waals surface area contributed by atoms with Crippen LogP contribution < -0.4 is 0 Å². The van der Waals surface area contributed by atoms with E-state index in [1.165, 1.54) is 0 Å². The van der Waals surface area contributed by atoms with Crippen LogP contribution in [0.25, 0.3) is 0 Å². The highest BCUT2D eigenvalue weighted by Gasteiger charge is 2.42. The molecule has 0 aliphatic carbocycles. The fourth-order valence-corrected chi connectivity index (χ4v) is 4.73. The Hall–Kier alpha value is -1.93. The second kappa shape index (κ2) is 7.59. The zero-order chi connectivity index (χ0) is 18.9. The van der Waals surface area contributed by atoms with Crippen LogP contribution in [0, 0.1) is 5.92 Å². The first-order valence-electron chi connectivity index (χ1n) is 9.98. The number of ether oxygens (including phenoxy) is 1. The van der Waals surface area contributed by atoms with Crippen molar-refractivity contribution in [1.82, 2.24) is 20.0 Å². The van der Waals surface area contributed by atoms with Crippen molar-refractivity contribution in [3.8, 4) is 0 Å². The van der Waals surface area contributed by atoms with E-state index >= 15 is 0 Å². The fourth-order valence-electron chi connectivity index (χ4n) is 4.73. The summed E-state index contributed by atoms with van der Waals surface area (Å²) in [5, 5.41) is 17.5. The molecule has 2 atom stereocenters. The van der Waals surface area contributed by atoms with E-state index in [9.17, 15) is 14.7 Å². The molecule has 0 aromatic carbocycles. The minimum atomic E-state index is -1.01. The molecule has 1 aromatic heterocycles. The third-order valence-electron chi connectivity index (χ3n) is 6.36. The maximum atomic E-state index is 12.9. The van der Waals surface area contributed by atoms with Crippen molar-refractivity contribution in [2.45, 2.75) is 50.2 Å². The van der Waals surface area contributed by atoms with Gasteiger partial charge in [0.2, 0.25) is 0 Å². The Kier molecular flexibility index (Phi) is 5.19. The molecule has 27 heavy (non-hydrogen) atoms. The largest absolute Gasteiger partial charge is 0.383 e. The molecule has 4 rings (SSSR count). The Morgan fingerprint density at radius 1 is 1.19 bits per heavy atom. The zero-order valence-electron chi connectivity index (χ0n) is 15.6. The average molecular weight is 376 g/mol. The third-order valence-corrected chi connectivity index (χ3v) is 6.36. The van der Waals surface area contributed by atoms with Crippen molar-refractivity contribution in [1.29, 1.82) is 0 Å². The number of aromatic amines is 1. The molecule has 3 saturated heterocycles. The van der Waals surface area contributed by atoms with Crippen molar-refractivity contribution in [3.05, 3.63) is 18.0 Å². The Labute approximate surface area is 158 Å². The number of nitrogens with zero attached hydrogens (tertiary/aromatic N) is 3. The first-order chi connectivity index (χ1) is 13.1. The van der Waals surface area contributed by atoms with Crippen LogP contribution in [0.1, 0.15) is 44.2 Å². The summed E-state index contributed by atoms with van der Waals surface area (Å²) in [4.78, 5) is 29.1. The van der Waals surface area contributed by atoms with Crippen LogP contribution in [0.2, 0.25) is 0 Å². The standard InChI is InChI=1S/C19H28N4O4/c24-17(22-10-6-19(26,7-11-22)16-5-8-20-21-16)18(25)23-9-1-4-15(23)14-3-2-12-27-13-14/h5,8,14-15,26H,1-4,6-7,9-13H2,(H,20,21). The van der Waals surface area contributed by atoms with Gasteiger partial charge in [0.25, 0.3) is 0 Å². The van der Waals surface area contributed by atoms with E-state index < -0.39 is 17.4 Å². The van der Waals surface area contributed by atoms with Gasteiger partial charge in [-0.25, -0.2) is 0 Å². The predicted molar refractivity (Wildman–Crippen MR) is 96.6 cm³/mol. The van der Waals surface area contributed by atoms with Gasteiger partial charge in [0, 0.05) is 44.4 Å². The molecular formula is C19H28N4O4. The van der Waals surface area contributed by atoms with Gasteiger partial charge in [0.15, 0.2) is 0 Å². The van der Waals surface area contributed by atoms with Crippen LogP contribution in [-0.4, -0.2) is 75.8 Å². The van der Waals surface area contributed by atoms with Gasteiger partial charge in [-0.15, -0.1) is 0 Å². The number of hydrogen-bond acceptors (Lipinski definition) is 5. The van der Waals surface area contributed by atoms with E-state index in [-0.39, 0.29) is 6.04 Å². The quantitative estimate of drug-likeness (QED) is 0.738. The molecule has 3 fully saturated rings. The molecule has 3 aliphatic heterocycles. The maximum Gasteiger partial charge on any atom is 0.312 e. The van der Waals surface area contributed by atoms with Crippen molar-refractivity contribution >= 4 is 11.8 Å². The van der Waals surface area contributed by atoms with E-state index in [1.54, 1.807) is 22.1 Å². The van der Waals surface area contributed by atoms with Crippen molar-refractivity contribution in [3.63, 3.8) is 0 Å². The lowest BCUT2D eigenvalue weighted by Crippen LogP contribution is -2.53. The summed E-state index contributed by atoms with van der Waals surface area (Å²) in [7, 11) is 0. The molecule has 4 heterocycles. The summed E-state index contributed by atoms with van der Waals surface area (Å²) in [5.41, 5.74) is -0.343. The van der Waals surface area contributed by atoms with Crippen LogP contribution in [0.15, 0.2) is 12.3 Å². The van der Waals surface area contributed by atoms with E-state index in [1.807, 2.05) is 0 Å². The van der Waals surface area contributed by atoms with Gasteiger partial charge >= 0.3 is 11.8 Å².